The molecule has 0 bridgehead atoms. The molecule has 0 aromatic carbocycles. The lowest BCUT2D eigenvalue weighted by Crippen LogP contribution is -2.54. The molecule has 18 heavy (non-hydrogen) atoms. The molecule has 1 atom stereocenters. The lowest BCUT2D eigenvalue weighted by atomic mass is 10.2. The molecule has 0 spiro atoms. The zero-order valence-corrected chi connectivity index (χ0v) is 11.9. The van der Waals surface area contributed by atoms with Gasteiger partial charge >= 0.3 is 0 Å². The first-order valence-electron chi connectivity index (χ1n) is 7.15. The molecule has 0 radical (unpaired) electrons. The van der Waals surface area contributed by atoms with Crippen molar-refractivity contribution in [3.05, 3.63) is 0 Å². The SMILES string of the molecule is CN1CCN(C)C(CNCCN2CCOCC2)C1. The van der Waals surface area contributed by atoms with Gasteiger partial charge in [0.1, 0.15) is 0 Å². The summed E-state index contributed by atoms with van der Waals surface area (Å²) >= 11 is 0. The zero-order valence-electron chi connectivity index (χ0n) is 11.9. The first-order valence-corrected chi connectivity index (χ1v) is 7.15. The Bertz CT molecular complexity index is 233. The lowest BCUT2D eigenvalue weighted by Gasteiger charge is -2.38. The predicted octanol–water partition coefficient (Wildman–Crippen LogP) is -0.846. The van der Waals surface area contributed by atoms with Crippen molar-refractivity contribution < 1.29 is 4.74 Å². The van der Waals surface area contributed by atoms with Crippen molar-refractivity contribution in [2.45, 2.75) is 6.04 Å². The highest BCUT2D eigenvalue weighted by atomic mass is 16.5. The second-order valence-corrected chi connectivity index (χ2v) is 5.55. The van der Waals surface area contributed by atoms with Crippen LogP contribution in [-0.2, 0) is 4.74 Å². The Balaban J connectivity index is 1.56. The molecule has 0 aromatic heterocycles. The fourth-order valence-corrected chi connectivity index (χ4v) is 2.65. The molecule has 5 heteroatoms. The van der Waals surface area contributed by atoms with E-state index in [2.05, 4.69) is 34.1 Å². The molecule has 2 fully saturated rings. The topological polar surface area (TPSA) is 31.0 Å². The Kier molecular flexibility index (Phi) is 5.85. The maximum absolute atomic E-state index is 5.35. The molecular formula is C13H28N4O. The van der Waals surface area contributed by atoms with Crippen LogP contribution in [0.1, 0.15) is 0 Å². The quantitative estimate of drug-likeness (QED) is 0.648. The third-order valence-corrected chi connectivity index (χ3v) is 4.07. The number of likely N-dealkylation sites (N-methyl/N-ethyl adjacent to an activating group) is 2. The second kappa shape index (κ2) is 7.40. The molecule has 2 rings (SSSR count). The zero-order chi connectivity index (χ0) is 12.8. The molecule has 2 heterocycles. The summed E-state index contributed by atoms with van der Waals surface area (Å²) in [7, 11) is 4.45. The normalized spacial score (nSPS) is 28.7. The summed E-state index contributed by atoms with van der Waals surface area (Å²) in [6.07, 6.45) is 0. The fraction of sp³-hybridized carbons (Fsp3) is 1.00. The van der Waals surface area contributed by atoms with Crippen LogP contribution < -0.4 is 5.32 Å². The highest BCUT2D eigenvalue weighted by Gasteiger charge is 2.21. The standard InChI is InChI=1S/C13H28N4O/c1-15-5-6-16(2)13(12-15)11-14-3-4-17-7-9-18-10-8-17/h13-14H,3-12H2,1-2H3. The van der Waals surface area contributed by atoms with Crippen molar-refractivity contribution in [2.75, 3.05) is 79.7 Å². The average molecular weight is 256 g/mol. The molecule has 2 aliphatic heterocycles. The van der Waals surface area contributed by atoms with Gasteiger partial charge in [-0.05, 0) is 14.1 Å². The first-order chi connectivity index (χ1) is 8.75. The van der Waals surface area contributed by atoms with Crippen LogP contribution in [-0.4, -0.2) is 100 Å². The minimum Gasteiger partial charge on any atom is -0.379 e. The van der Waals surface area contributed by atoms with Crippen LogP contribution in [0.2, 0.25) is 0 Å². The van der Waals surface area contributed by atoms with Crippen LogP contribution in [0.25, 0.3) is 0 Å². The molecule has 0 saturated carbocycles. The molecule has 5 nitrogen and oxygen atoms in total. The number of nitrogens with zero attached hydrogens (tertiary/aromatic N) is 3. The van der Waals surface area contributed by atoms with Gasteiger partial charge in [-0.3, -0.25) is 9.80 Å². The van der Waals surface area contributed by atoms with Gasteiger partial charge in [0.05, 0.1) is 13.2 Å². The van der Waals surface area contributed by atoms with Gasteiger partial charge in [-0.15, -0.1) is 0 Å². The van der Waals surface area contributed by atoms with Gasteiger partial charge in [-0.2, -0.15) is 0 Å². The van der Waals surface area contributed by atoms with Crippen molar-refractivity contribution >= 4 is 0 Å². The Labute approximate surface area is 111 Å². The van der Waals surface area contributed by atoms with Gasteiger partial charge in [0, 0.05) is 58.4 Å². The van der Waals surface area contributed by atoms with Gasteiger partial charge in [0.15, 0.2) is 0 Å². The number of piperazine rings is 1. The summed E-state index contributed by atoms with van der Waals surface area (Å²) in [5.74, 6) is 0. The van der Waals surface area contributed by atoms with E-state index < -0.39 is 0 Å². The molecule has 2 saturated heterocycles. The number of ether oxygens (including phenoxy) is 1. The van der Waals surface area contributed by atoms with E-state index >= 15 is 0 Å². The minimum atomic E-state index is 0.661. The predicted molar refractivity (Wildman–Crippen MR) is 74.0 cm³/mol. The molecule has 1 N–H and O–H groups in total. The molecule has 0 aliphatic carbocycles. The van der Waals surface area contributed by atoms with Gasteiger partial charge < -0.3 is 15.0 Å². The summed E-state index contributed by atoms with van der Waals surface area (Å²) in [6.45, 7) is 10.9. The van der Waals surface area contributed by atoms with Crippen LogP contribution in [0.4, 0.5) is 0 Å². The van der Waals surface area contributed by atoms with Crippen molar-refractivity contribution in [1.82, 2.24) is 20.0 Å². The van der Waals surface area contributed by atoms with E-state index in [0.29, 0.717) is 6.04 Å². The Morgan fingerprint density at radius 2 is 1.89 bits per heavy atom. The van der Waals surface area contributed by atoms with Crippen LogP contribution >= 0.6 is 0 Å². The number of nitrogens with one attached hydrogen (secondary N) is 1. The van der Waals surface area contributed by atoms with Gasteiger partial charge in [-0.1, -0.05) is 0 Å². The number of hydrogen-bond acceptors (Lipinski definition) is 5. The van der Waals surface area contributed by atoms with Crippen molar-refractivity contribution in [3.63, 3.8) is 0 Å². The lowest BCUT2D eigenvalue weighted by molar-refractivity contribution is 0.0379. The first kappa shape index (κ1) is 14.2. The van der Waals surface area contributed by atoms with E-state index in [9.17, 15) is 0 Å². The van der Waals surface area contributed by atoms with Gasteiger partial charge in [0.2, 0.25) is 0 Å². The Morgan fingerprint density at radius 1 is 1.11 bits per heavy atom. The number of hydrogen-bond donors (Lipinski definition) is 1. The van der Waals surface area contributed by atoms with Crippen LogP contribution in [0.5, 0.6) is 0 Å². The van der Waals surface area contributed by atoms with E-state index in [0.717, 1.165) is 45.9 Å². The fourth-order valence-electron chi connectivity index (χ4n) is 2.65. The maximum Gasteiger partial charge on any atom is 0.0594 e. The van der Waals surface area contributed by atoms with E-state index in [1.54, 1.807) is 0 Å². The molecule has 0 amide bonds. The largest absolute Gasteiger partial charge is 0.379 e. The van der Waals surface area contributed by atoms with E-state index in [1.165, 1.54) is 19.6 Å². The highest BCUT2D eigenvalue weighted by molar-refractivity contribution is 4.80. The van der Waals surface area contributed by atoms with E-state index in [-0.39, 0.29) is 0 Å². The number of rotatable bonds is 5. The average Bonchev–Trinajstić information content (AvgIpc) is 2.40. The van der Waals surface area contributed by atoms with Crippen LogP contribution in [0.3, 0.4) is 0 Å². The third kappa shape index (κ3) is 4.48. The number of morpholine rings is 1. The van der Waals surface area contributed by atoms with Gasteiger partial charge in [0.25, 0.3) is 0 Å². The molecule has 2 aliphatic rings. The smallest absolute Gasteiger partial charge is 0.0594 e. The Hall–Kier alpha value is -0.200. The van der Waals surface area contributed by atoms with Gasteiger partial charge in [-0.25, -0.2) is 0 Å². The summed E-state index contributed by atoms with van der Waals surface area (Å²) in [6, 6.07) is 0.661. The highest BCUT2D eigenvalue weighted by Crippen LogP contribution is 2.04. The van der Waals surface area contributed by atoms with E-state index in [4.69, 9.17) is 4.74 Å². The van der Waals surface area contributed by atoms with Crippen LogP contribution in [0.15, 0.2) is 0 Å². The van der Waals surface area contributed by atoms with Crippen molar-refractivity contribution in [2.24, 2.45) is 0 Å². The summed E-state index contributed by atoms with van der Waals surface area (Å²) in [5.41, 5.74) is 0. The second-order valence-electron chi connectivity index (χ2n) is 5.55. The molecular weight excluding hydrogens is 228 g/mol. The monoisotopic (exact) mass is 256 g/mol. The van der Waals surface area contributed by atoms with Crippen molar-refractivity contribution in [3.8, 4) is 0 Å². The molecule has 106 valence electrons. The molecule has 1 unspecified atom stereocenters. The summed E-state index contributed by atoms with van der Waals surface area (Å²) in [5, 5.41) is 3.60. The third-order valence-electron chi connectivity index (χ3n) is 4.07. The van der Waals surface area contributed by atoms with Crippen LogP contribution in [0, 0.1) is 0 Å². The molecule has 0 aromatic rings. The maximum atomic E-state index is 5.35. The summed E-state index contributed by atoms with van der Waals surface area (Å²) in [4.78, 5) is 7.38. The van der Waals surface area contributed by atoms with Crippen molar-refractivity contribution in [1.29, 1.82) is 0 Å². The Morgan fingerprint density at radius 3 is 2.67 bits per heavy atom. The minimum absolute atomic E-state index is 0.661. The summed E-state index contributed by atoms with van der Waals surface area (Å²) < 4.78 is 5.35. The van der Waals surface area contributed by atoms with E-state index in [1.807, 2.05) is 0 Å².